The first-order chi connectivity index (χ1) is 13.2. The lowest BCUT2D eigenvalue weighted by Gasteiger charge is -2.63. The van der Waals surface area contributed by atoms with Gasteiger partial charge in [-0.2, -0.15) is 0 Å². The van der Waals surface area contributed by atoms with Gasteiger partial charge >= 0.3 is 5.97 Å². The van der Waals surface area contributed by atoms with Crippen LogP contribution in [-0.4, -0.2) is 12.1 Å². The van der Waals surface area contributed by atoms with Crippen molar-refractivity contribution >= 4 is 5.97 Å². The maximum absolute atomic E-state index is 12.0. The van der Waals surface area contributed by atoms with Crippen molar-refractivity contribution in [2.45, 2.75) is 92.1 Å². The third-order valence-electron chi connectivity index (χ3n) is 10.3. The molecule has 4 aliphatic carbocycles. The molecule has 0 aliphatic heterocycles. The average molecular weight is 387 g/mol. The Kier molecular flexibility index (Phi) is 5.24. The standard InChI is InChI=1S/C26H42O2/c1-7-17(3)20-8-9-21-24-22(11-13-26(20,21)6)25(5)12-10-16(2)14-19(25)15-23(24)28-18(4)27/h7,16-17,19-24H,1,8-15H2,2-6H3/t16-,17-,19+,20?,21?,22?,23?,24?,25+,26-/m1/s1. The van der Waals surface area contributed by atoms with Crippen LogP contribution in [0.15, 0.2) is 12.7 Å². The molecule has 0 radical (unpaired) electrons. The van der Waals surface area contributed by atoms with Gasteiger partial charge in [-0.25, -0.2) is 0 Å². The van der Waals surface area contributed by atoms with Crippen molar-refractivity contribution < 1.29 is 9.53 Å². The van der Waals surface area contributed by atoms with Crippen molar-refractivity contribution in [2.24, 2.45) is 52.3 Å². The first-order valence-corrected chi connectivity index (χ1v) is 12.0. The van der Waals surface area contributed by atoms with E-state index in [1.807, 2.05) is 0 Å². The summed E-state index contributed by atoms with van der Waals surface area (Å²) in [6.45, 7) is 15.7. The van der Waals surface area contributed by atoms with Crippen LogP contribution in [0.2, 0.25) is 0 Å². The Balaban J connectivity index is 1.69. The molecule has 4 aliphatic rings. The topological polar surface area (TPSA) is 26.3 Å². The van der Waals surface area contributed by atoms with Crippen molar-refractivity contribution in [3.8, 4) is 0 Å². The summed E-state index contributed by atoms with van der Waals surface area (Å²) < 4.78 is 6.11. The Morgan fingerprint density at radius 1 is 1.07 bits per heavy atom. The highest BCUT2D eigenvalue weighted by atomic mass is 16.5. The van der Waals surface area contributed by atoms with E-state index in [0.29, 0.717) is 28.6 Å². The summed E-state index contributed by atoms with van der Waals surface area (Å²) in [4.78, 5) is 12.0. The Bertz CT molecular complexity index is 626. The fourth-order valence-corrected chi connectivity index (χ4v) is 8.82. The van der Waals surface area contributed by atoms with Crippen LogP contribution >= 0.6 is 0 Å². The van der Waals surface area contributed by atoms with E-state index in [-0.39, 0.29) is 12.1 Å². The molecular formula is C26H42O2. The van der Waals surface area contributed by atoms with E-state index < -0.39 is 0 Å². The van der Waals surface area contributed by atoms with Gasteiger partial charge < -0.3 is 4.74 Å². The van der Waals surface area contributed by atoms with Crippen LogP contribution in [0, 0.1) is 52.3 Å². The van der Waals surface area contributed by atoms with Gasteiger partial charge in [0, 0.05) is 12.8 Å². The number of rotatable bonds is 3. The van der Waals surface area contributed by atoms with Gasteiger partial charge in [0.1, 0.15) is 6.10 Å². The van der Waals surface area contributed by atoms with Crippen molar-refractivity contribution in [3.63, 3.8) is 0 Å². The fourth-order valence-electron chi connectivity index (χ4n) is 8.82. The second kappa shape index (κ2) is 7.17. The zero-order valence-electron chi connectivity index (χ0n) is 18.9. The van der Waals surface area contributed by atoms with Crippen LogP contribution in [-0.2, 0) is 9.53 Å². The van der Waals surface area contributed by atoms with Gasteiger partial charge in [0.15, 0.2) is 0 Å². The number of carbonyl (C=O) groups is 1. The Labute approximate surface area is 172 Å². The normalized spacial score (nSPS) is 51.4. The van der Waals surface area contributed by atoms with Crippen molar-refractivity contribution in [1.82, 2.24) is 0 Å². The Hall–Kier alpha value is -0.790. The van der Waals surface area contributed by atoms with E-state index in [2.05, 4.69) is 40.3 Å². The molecule has 4 rings (SSSR count). The summed E-state index contributed by atoms with van der Waals surface area (Å²) in [5.74, 6) is 4.82. The summed E-state index contributed by atoms with van der Waals surface area (Å²) >= 11 is 0. The molecule has 2 nitrogen and oxygen atoms in total. The van der Waals surface area contributed by atoms with Gasteiger partial charge in [-0.3, -0.25) is 4.79 Å². The molecule has 0 aromatic heterocycles. The van der Waals surface area contributed by atoms with Gasteiger partial charge in [0.05, 0.1) is 0 Å². The summed E-state index contributed by atoms with van der Waals surface area (Å²) in [6.07, 6.45) is 12.8. The van der Waals surface area contributed by atoms with Crippen LogP contribution < -0.4 is 0 Å². The first-order valence-electron chi connectivity index (χ1n) is 12.0. The lowest BCUT2D eigenvalue weighted by atomic mass is 9.43. The number of hydrogen-bond acceptors (Lipinski definition) is 2. The molecule has 0 spiro atoms. The molecule has 28 heavy (non-hydrogen) atoms. The molecule has 0 aromatic rings. The number of fused-ring (bicyclic) bond motifs is 5. The molecule has 2 heteroatoms. The molecular weight excluding hydrogens is 344 g/mol. The average Bonchev–Trinajstić information content (AvgIpc) is 2.99. The maximum Gasteiger partial charge on any atom is 0.302 e. The van der Waals surface area contributed by atoms with Gasteiger partial charge in [0.2, 0.25) is 0 Å². The van der Waals surface area contributed by atoms with E-state index in [1.54, 1.807) is 6.92 Å². The minimum absolute atomic E-state index is 0.0718. The molecule has 0 heterocycles. The molecule has 158 valence electrons. The number of esters is 1. The summed E-state index contributed by atoms with van der Waals surface area (Å²) in [7, 11) is 0. The summed E-state index contributed by atoms with van der Waals surface area (Å²) in [5, 5.41) is 0. The lowest BCUT2D eigenvalue weighted by Crippen LogP contribution is -2.59. The van der Waals surface area contributed by atoms with Crippen LogP contribution in [0.4, 0.5) is 0 Å². The van der Waals surface area contributed by atoms with Crippen molar-refractivity contribution in [2.75, 3.05) is 0 Å². The third-order valence-corrected chi connectivity index (χ3v) is 10.3. The maximum atomic E-state index is 12.0. The van der Waals surface area contributed by atoms with E-state index in [1.165, 1.54) is 44.9 Å². The van der Waals surface area contributed by atoms with Crippen LogP contribution in [0.1, 0.15) is 86.0 Å². The highest BCUT2D eigenvalue weighted by molar-refractivity contribution is 5.66. The molecule has 0 bridgehead atoms. The SMILES string of the molecule is C=C[C@@H](C)C1CCC2C3C(OC(C)=O)C[C@@H]4C[C@H](C)CC[C@]4(C)C3CC[C@@]21C. The predicted molar refractivity (Wildman–Crippen MR) is 115 cm³/mol. The van der Waals surface area contributed by atoms with E-state index in [0.717, 1.165) is 30.1 Å². The second-order valence-corrected chi connectivity index (χ2v) is 11.6. The van der Waals surface area contributed by atoms with Crippen molar-refractivity contribution in [1.29, 1.82) is 0 Å². The van der Waals surface area contributed by atoms with Gasteiger partial charge in [-0.15, -0.1) is 6.58 Å². The minimum atomic E-state index is -0.0718. The van der Waals surface area contributed by atoms with Gasteiger partial charge in [-0.1, -0.05) is 40.2 Å². The molecule has 4 saturated carbocycles. The predicted octanol–water partition coefficient (Wildman–Crippen LogP) is 6.65. The zero-order valence-corrected chi connectivity index (χ0v) is 18.9. The quantitative estimate of drug-likeness (QED) is 0.401. The number of carbonyl (C=O) groups excluding carboxylic acids is 1. The number of hydrogen-bond donors (Lipinski definition) is 0. The molecule has 10 atom stereocenters. The highest BCUT2D eigenvalue weighted by Crippen LogP contribution is 2.68. The molecule has 4 fully saturated rings. The molecule has 0 N–H and O–H groups in total. The molecule has 0 aromatic carbocycles. The molecule has 5 unspecified atom stereocenters. The summed E-state index contributed by atoms with van der Waals surface area (Å²) in [5.41, 5.74) is 0.843. The fraction of sp³-hybridized carbons (Fsp3) is 0.885. The van der Waals surface area contributed by atoms with Crippen LogP contribution in [0.3, 0.4) is 0 Å². The van der Waals surface area contributed by atoms with E-state index in [4.69, 9.17) is 4.74 Å². The Morgan fingerprint density at radius 3 is 2.43 bits per heavy atom. The lowest BCUT2D eigenvalue weighted by molar-refractivity contribution is -0.191. The van der Waals surface area contributed by atoms with Gasteiger partial charge in [0.25, 0.3) is 0 Å². The summed E-state index contributed by atoms with van der Waals surface area (Å²) in [6, 6.07) is 0. The first kappa shape index (κ1) is 20.5. The second-order valence-electron chi connectivity index (χ2n) is 11.6. The molecule has 0 amide bonds. The molecule has 0 saturated heterocycles. The largest absolute Gasteiger partial charge is 0.462 e. The number of allylic oxidation sites excluding steroid dienone is 1. The smallest absolute Gasteiger partial charge is 0.302 e. The van der Waals surface area contributed by atoms with Crippen LogP contribution in [0.5, 0.6) is 0 Å². The highest BCUT2D eigenvalue weighted by Gasteiger charge is 2.63. The monoisotopic (exact) mass is 386 g/mol. The van der Waals surface area contributed by atoms with E-state index >= 15 is 0 Å². The number of ether oxygens (including phenoxy) is 1. The van der Waals surface area contributed by atoms with E-state index in [9.17, 15) is 4.79 Å². The van der Waals surface area contributed by atoms with Crippen LogP contribution in [0.25, 0.3) is 0 Å². The zero-order chi connectivity index (χ0) is 20.3. The third kappa shape index (κ3) is 3.00. The van der Waals surface area contributed by atoms with Gasteiger partial charge in [-0.05, 0) is 91.3 Å². The minimum Gasteiger partial charge on any atom is -0.462 e. The van der Waals surface area contributed by atoms with Crippen molar-refractivity contribution in [3.05, 3.63) is 12.7 Å². The Morgan fingerprint density at radius 2 is 1.75 bits per heavy atom.